The van der Waals surface area contributed by atoms with Gasteiger partial charge in [-0.1, -0.05) is 48.5 Å². The van der Waals surface area contributed by atoms with Gasteiger partial charge in [0.1, 0.15) is 11.7 Å². The molecule has 0 bridgehead atoms. The van der Waals surface area contributed by atoms with Crippen molar-refractivity contribution >= 4 is 27.5 Å². The maximum absolute atomic E-state index is 14.9. The van der Waals surface area contributed by atoms with Crippen molar-refractivity contribution in [3.63, 3.8) is 0 Å². The van der Waals surface area contributed by atoms with E-state index in [-0.39, 0.29) is 35.8 Å². The molecule has 9 nitrogen and oxygen atoms in total. The van der Waals surface area contributed by atoms with E-state index in [0.29, 0.717) is 16.7 Å². The molecule has 0 spiro atoms. The lowest BCUT2D eigenvalue weighted by Gasteiger charge is -2.31. The van der Waals surface area contributed by atoms with E-state index in [1.165, 1.54) is 55.6 Å². The first-order valence-electron chi connectivity index (χ1n) is 14.9. The molecule has 0 aliphatic carbocycles. The third kappa shape index (κ3) is 9.30. The maximum atomic E-state index is 14.9. The summed E-state index contributed by atoms with van der Waals surface area (Å²) in [7, 11) is -4.11. The van der Waals surface area contributed by atoms with Gasteiger partial charge in [0.05, 0.1) is 18.6 Å². The number of pyridine rings is 1. The van der Waals surface area contributed by atoms with Crippen LogP contribution in [0.5, 0.6) is 0 Å². The summed E-state index contributed by atoms with van der Waals surface area (Å²) in [5.74, 6) is -1.85. The molecule has 252 valence electrons. The van der Waals surface area contributed by atoms with Crippen molar-refractivity contribution < 1.29 is 40.4 Å². The number of alkyl halides is 4. The number of amides is 1. The van der Waals surface area contributed by atoms with E-state index in [1.807, 2.05) is 0 Å². The highest BCUT2D eigenvalue weighted by atomic mass is 32.2. The smallest absolute Gasteiger partial charge is 0.345 e. The summed E-state index contributed by atoms with van der Waals surface area (Å²) < 4.78 is 85.2. The van der Waals surface area contributed by atoms with Crippen molar-refractivity contribution in [3.05, 3.63) is 84.1 Å². The summed E-state index contributed by atoms with van der Waals surface area (Å²) in [6.45, 7) is 3.03. The minimum absolute atomic E-state index is 0.0273. The SMILES string of the molecule is CC(=O)c1cccc(-c2ccc([C@H](N[C@@H](CC(C)(C)F)C(=O)NC3CCCN(S(=O)(=O)c4ccccn4)CC3=O)C(F)(F)F)cc2)c1. The highest BCUT2D eigenvalue weighted by molar-refractivity contribution is 7.89. The van der Waals surface area contributed by atoms with Gasteiger partial charge in [-0.05, 0) is 68.5 Å². The molecule has 3 atom stereocenters. The minimum atomic E-state index is -4.90. The summed E-state index contributed by atoms with van der Waals surface area (Å²) in [4.78, 5) is 42.2. The van der Waals surface area contributed by atoms with Gasteiger partial charge >= 0.3 is 6.18 Å². The number of halogens is 4. The Morgan fingerprint density at radius 1 is 1.00 bits per heavy atom. The Labute approximate surface area is 270 Å². The average molecular weight is 677 g/mol. The fourth-order valence-corrected chi connectivity index (χ4v) is 6.71. The fraction of sp³-hybridized carbons (Fsp3) is 0.394. The number of rotatable bonds is 11. The van der Waals surface area contributed by atoms with Gasteiger partial charge in [0.2, 0.25) is 5.91 Å². The molecule has 0 radical (unpaired) electrons. The number of hydrogen-bond acceptors (Lipinski definition) is 7. The van der Waals surface area contributed by atoms with Crippen LogP contribution >= 0.6 is 0 Å². The Balaban J connectivity index is 1.54. The number of aromatic nitrogens is 1. The van der Waals surface area contributed by atoms with Gasteiger partial charge < -0.3 is 5.32 Å². The summed E-state index contributed by atoms with van der Waals surface area (Å²) in [6.07, 6.45) is -4.05. The van der Waals surface area contributed by atoms with Crippen LogP contribution in [0.15, 0.2) is 78.0 Å². The van der Waals surface area contributed by atoms with E-state index in [4.69, 9.17) is 0 Å². The standard InChI is InChI=1S/C33H36F4N4O5S/c1-21(42)24-8-6-9-25(18-24)22-12-14-23(15-13-22)30(33(35,36)37)39-27(19-32(2,3)34)31(44)40-26-10-7-17-41(20-28(26)43)47(45,46)29-11-4-5-16-38-29/h4-6,8-9,11-16,18,26-27,30,39H,7,10,17,19-20H2,1-3H3,(H,40,44)/t26?,27-,30-/m0/s1. The van der Waals surface area contributed by atoms with Crippen LogP contribution < -0.4 is 10.6 Å². The Morgan fingerprint density at radius 3 is 2.30 bits per heavy atom. The number of nitrogens with zero attached hydrogens (tertiary/aromatic N) is 2. The Bertz CT molecular complexity index is 1690. The van der Waals surface area contributed by atoms with Crippen molar-refractivity contribution in [2.24, 2.45) is 0 Å². The first kappa shape index (κ1) is 35.8. The monoisotopic (exact) mass is 676 g/mol. The quantitative estimate of drug-likeness (QED) is 0.212. The molecule has 4 rings (SSSR count). The molecule has 2 N–H and O–H groups in total. The van der Waals surface area contributed by atoms with Crippen molar-refractivity contribution in [2.45, 2.75) is 75.0 Å². The molecule has 1 aliphatic rings. The molecule has 1 aliphatic heterocycles. The van der Waals surface area contributed by atoms with Gasteiger partial charge in [-0.2, -0.15) is 17.5 Å². The first-order chi connectivity index (χ1) is 22.0. The zero-order valence-corrected chi connectivity index (χ0v) is 26.9. The van der Waals surface area contributed by atoms with Crippen LogP contribution in [0, 0.1) is 0 Å². The third-order valence-electron chi connectivity index (χ3n) is 7.73. The van der Waals surface area contributed by atoms with Crippen molar-refractivity contribution in [2.75, 3.05) is 13.1 Å². The lowest BCUT2D eigenvalue weighted by Crippen LogP contribution is -2.54. The molecule has 14 heteroatoms. The third-order valence-corrected chi connectivity index (χ3v) is 9.49. The predicted molar refractivity (Wildman–Crippen MR) is 167 cm³/mol. The molecule has 0 saturated carbocycles. The minimum Gasteiger partial charge on any atom is -0.345 e. The molecule has 3 aromatic rings. The van der Waals surface area contributed by atoms with Crippen LogP contribution in [0.3, 0.4) is 0 Å². The number of sulfonamides is 1. The Kier molecular flexibility index (Phi) is 11.0. The second kappa shape index (κ2) is 14.4. The normalized spacial score (nSPS) is 17.9. The summed E-state index contributed by atoms with van der Waals surface area (Å²) >= 11 is 0. The van der Waals surface area contributed by atoms with Gasteiger partial charge in [0.15, 0.2) is 16.6 Å². The van der Waals surface area contributed by atoms with Crippen LogP contribution in [0.1, 0.15) is 62.0 Å². The van der Waals surface area contributed by atoms with Crippen LogP contribution in [0.25, 0.3) is 11.1 Å². The second-order valence-corrected chi connectivity index (χ2v) is 13.9. The fourth-order valence-electron chi connectivity index (χ4n) is 5.34. The Morgan fingerprint density at radius 2 is 1.70 bits per heavy atom. The molecule has 2 aromatic carbocycles. The highest BCUT2D eigenvalue weighted by Crippen LogP contribution is 2.35. The number of carbonyl (C=O) groups excluding carboxylic acids is 3. The molecule has 47 heavy (non-hydrogen) atoms. The molecular formula is C33H36F4N4O5S. The van der Waals surface area contributed by atoms with Crippen LogP contribution in [-0.4, -0.2) is 72.2 Å². The van der Waals surface area contributed by atoms with Crippen LogP contribution in [-0.2, 0) is 19.6 Å². The molecular weight excluding hydrogens is 640 g/mol. The van der Waals surface area contributed by atoms with Gasteiger partial charge in [-0.3, -0.25) is 19.7 Å². The number of benzene rings is 2. The number of hydrogen-bond donors (Lipinski definition) is 2. The summed E-state index contributed by atoms with van der Waals surface area (Å²) in [5.41, 5.74) is -0.685. The molecule has 1 fully saturated rings. The lowest BCUT2D eigenvalue weighted by molar-refractivity contribution is -0.161. The van der Waals surface area contributed by atoms with Crippen molar-refractivity contribution in [1.29, 1.82) is 0 Å². The number of Topliss-reactive ketones (excluding diaryl/α,β-unsaturated/α-hetero) is 2. The largest absolute Gasteiger partial charge is 0.407 e. The number of carbonyl (C=O) groups is 3. The zero-order chi connectivity index (χ0) is 34.6. The van der Waals surface area contributed by atoms with Gasteiger partial charge in [0.25, 0.3) is 10.0 Å². The molecule has 1 saturated heterocycles. The van der Waals surface area contributed by atoms with Crippen LogP contribution in [0.2, 0.25) is 0 Å². The molecule has 1 unspecified atom stereocenters. The van der Waals surface area contributed by atoms with E-state index >= 15 is 0 Å². The van der Waals surface area contributed by atoms with E-state index in [9.17, 15) is 40.4 Å². The van der Waals surface area contributed by atoms with E-state index in [1.54, 1.807) is 24.3 Å². The van der Waals surface area contributed by atoms with Gasteiger partial charge in [-0.25, -0.2) is 17.8 Å². The topological polar surface area (TPSA) is 126 Å². The van der Waals surface area contributed by atoms with E-state index in [2.05, 4.69) is 15.6 Å². The molecule has 1 aromatic heterocycles. The van der Waals surface area contributed by atoms with Crippen molar-refractivity contribution in [1.82, 2.24) is 19.9 Å². The van der Waals surface area contributed by atoms with Gasteiger partial charge in [-0.15, -0.1) is 0 Å². The van der Waals surface area contributed by atoms with E-state index < -0.39 is 64.6 Å². The number of ketones is 2. The highest BCUT2D eigenvalue weighted by Gasteiger charge is 2.44. The first-order valence-corrected chi connectivity index (χ1v) is 16.4. The Hall–Kier alpha value is -4.01. The predicted octanol–water partition coefficient (Wildman–Crippen LogP) is 5.19. The molecule has 2 heterocycles. The van der Waals surface area contributed by atoms with Crippen LogP contribution in [0.4, 0.5) is 17.6 Å². The summed E-state index contributed by atoms with van der Waals surface area (Å²) in [5, 5.41) is 4.47. The molecule has 1 amide bonds. The second-order valence-electron chi connectivity index (χ2n) is 12.1. The van der Waals surface area contributed by atoms with Crippen molar-refractivity contribution in [3.8, 4) is 11.1 Å². The van der Waals surface area contributed by atoms with Gasteiger partial charge in [0, 0.05) is 24.7 Å². The lowest BCUT2D eigenvalue weighted by atomic mass is 9.95. The summed E-state index contributed by atoms with van der Waals surface area (Å²) in [6, 6.07) is 11.1. The maximum Gasteiger partial charge on any atom is 0.407 e. The average Bonchev–Trinajstić information content (AvgIpc) is 3.20. The zero-order valence-electron chi connectivity index (χ0n) is 26.1. The van der Waals surface area contributed by atoms with E-state index in [0.717, 1.165) is 18.2 Å². The number of nitrogens with one attached hydrogen (secondary N) is 2.